The maximum atomic E-state index is 5.32. The molecule has 0 fully saturated rings. The van der Waals surface area contributed by atoms with Gasteiger partial charge in [0.2, 0.25) is 5.89 Å². The zero-order valence-electron chi connectivity index (χ0n) is 7.61. The number of aryl methyl sites for hydroxylation is 1. The van der Waals surface area contributed by atoms with Gasteiger partial charge in [-0.15, -0.1) is 0 Å². The van der Waals surface area contributed by atoms with Crippen molar-refractivity contribution in [3.05, 3.63) is 17.8 Å². The number of H-pyrrole nitrogens is 1. The molecule has 14 heavy (non-hydrogen) atoms. The fourth-order valence-electron chi connectivity index (χ4n) is 0.986. The van der Waals surface area contributed by atoms with Gasteiger partial charge in [0.1, 0.15) is 0 Å². The fraction of sp³-hybridized carbons (Fsp3) is 0.286. The molecule has 7 heteroatoms. The molecular formula is C7H10N6O. The van der Waals surface area contributed by atoms with E-state index in [0.29, 0.717) is 11.8 Å². The average molecular weight is 194 g/mol. The molecule has 7 nitrogen and oxygen atoms in total. The summed E-state index contributed by atoms with van der Waals surface area (Å²) < 4.78 is 4.82. The minimum absolute atomic E-state index is 0.235. The molecule has 0 aliphatic rings. The number of nitrogens with two attached hydrogens (primary N) is 1. The van der Waals surface area contributed by atoms with Gasteiger partial charge in [-0.25, -0.2) is 0 Å². The largest absolute Gasteiger partial charge is 0.336 e. The predicted octanol–water partition coefficient (Wildman–Crippen LogP) is 0.303. The molecule has 0 saturated heterocycles. The van der Waals surface area contributed by atoms with Crippen LogP contribution in [-0.2, 0) is 6.54 Å². The van der Waals surface area contributed by atoms with Crippen molar-refractivity contribution in [2.45, 2.75) is 13.5 Å². The van der Waals surface area contributed by atoms with Crippen LogP contribution in [0, 0.1) is 6.92 Å². The van der Waals surface area contributed by atoms with E-state index in [4.69, 9.17) is 10.3 Å². The van der Waals surface area contributed by atoms with Gasteiger partial charge in [0.25, 0.3) is 5.95 Å². The Morgan fingerprint density at radius 2 is 2.50 bits per heavy atom. The summed E-state index contributed by atoms with van der Waals surface area (Å²) >= 11 is 0. The van der Waals surface area contributed by atoms with E-state index in [1.807, 2.05) is 6.92 Å². The molecule has 4 N–H and O–H groups in total. The van der Waals surface area contributed by atoms with Crippen LogP contribution in [0.5, 0.6) is 0 Å². The van der Waals surface area contributed by atoms with Crippen LogP contribution >= 0.6 is 0 Å². The number of hydrogen-bond acceptors (Lipinski definition) is 6. The fourth-order valence-corrected chi connectivity index (χ4v) is 0.986. The standard InChI is InChI=1S/C7H10N6O/c1-4-5(3-9-12-4)10-7-11-6(2-8)14-13-7/h3H,2,8H2,1H3,(H,9,12)(H,10,13). The average Bonchev–Trinajstić information content (AvgIpc) is 2.77. The molecule has 0 saturated carbocycles. The third kappa shape index (κ3) is 1.57. The lowest BCUT2D eigenvalue weighted by atomic mass is 10.4. The Hall–Kier alpha value is -1.89. The van der Waals surface area contributed by atoms with Crippen LogP contribution in [-0.4, -0.2) is 20.3 Å². The second-order valence-corrected chi connectivity index (χ2v) is 2.75. The van der Waals surface area contributed by atoms with E-state index in [9.17, 15) is 0 Å². The zero-order valence-corrected chi connectivity index (χ0v) is 7.61. The topological polar surface area (TPSA) is 106 Å². The highest BCUT2D eigenvalue weighted by atomic mass is 16.5. The van der Waals surface area contributed by atoms with Crippen molar-refractivity contribution in [1.82, 2.24) is 20.3 Å². The summed E-state index contributed by atoms with van der Waals surface area (Å²) in [6.07, 6.45) is 1.65. The second-order valence-electron chi connectivity index (χ2n) is 2.75. The highest BCUT2D eigenvalue weighted by Crippen LogP contribution is 2.14. The molecule has 0 radical (unpaired) electrons. The Morgan fingerprint density at radius 1 is 1.64 bits per heavy atom. The lowest BCUT2D eigenvalue weighted by molar-refractivity contribution is 0.381. The van der Waals surface area contributed by atoms with Crippen molar-refractivity contribution in [1.29, 1.82) is 0 Å². The minimum atomic E-state index is 0.235. The third-order valence-corrected chi connectivity index (χ3v) is 1.72. The van der Waals surface area contributed by atoms with Crippen LogP contribution in [0.1, 0.15) is 11.6 Å². The number of anilines is 2. The number of rotatable bonds is 3. The Balaban J connectivity index is 2.15. The second kappa shape index (κ2) is 3.46. The predicted molar refractivity (Wildman–Crippen MR) is 48.8 cm³/mol. The van der Waals surface area contributed by atoms with Gasteiger partial charge in [-0.1, -0.05) is 0 Å². The van der Waals surface area contributed by atoms with Crippen LogP contribution in [0.25, 0.3) is 0 Å². The van der Waals surface area contributed by atoms with Crippen LogP contribution in [0.2, 0.25) is 0 Å². The lowest BCUT2D eigenvalue weighted by Gasteiger charge is -1.96. The lowest BCUT2D eigenvalue weighted by Crippen LogP contribution is -1.97. The van der Waals surface area contributed by atoms with E-state index in [0.717, 1.165) is 11.4 Å². The minimum Gasteiger partial charge on any atom is -0.336 e. The van der Waals surface area contributed by atoms with Crippen molar-refractivity contribution < 1.29 is 4.52 Å². The maximum Gasteiger partial charge on any atom is 0.268 e. The molecule has 74 valence electrons. The number of nitrogens with one attached hydrogen (secondary N) is 2. The van der Waals surface area contributed by atoms with Gasteiger partial charge in [-0.05, 0) is 12.1 Å². The van der Waals surface area contributed by atoms with Gasteiger partial charge < -0.3 is 15.6 Å². The van der Waals surface area contributed by atoms with E-state index < -0.39 is 0 Å². The smallest absolute Gasteiger partial charge is 0.268 e. The Labute approximate surface area is 79.7 Å². The van der Waals surface area contributed by atoms with Gasteiger partial charge in [-0.2, -0.15) is 10.1 Å². The summed E-state index contributed by atoms with van der Waals surface area (Å²) in [4.78, 5) is 3.99. The maximum absolute atomic E-state index is 5.32. The van der Waals surface area contributed by atoms with Gasteiger partial charge in [0.05, 0.1) is 24.1 Å². The molecule has 2 aromatic rings. The van der Waals surface area contributed by atoms with Gasteiger partial charge >= 0.3 is 0 Å². The summed E-state index contributed by atoms with van der Waals surface area (Å²) in [7, 11) is 0. The molecule has 0 bridgehead atoms. The molecule has 2 heterocycles. The first-order valence-electron chi connectivity index (χ1n) is 4.09. The van der Waals surface area contributed by atoms with Gasteiger partial charge in [-0.3, -0.25) is 5.10 Å². The highest BCUT2D eigenvalue weighted by Gasteiger charge is 2.06. The molecule has 2 rings (SSSR count). The molecular weight excluding hydrogens is 184 g/mol. The van der Waals surface area contributed by atoms with E-state index in [2.05, 4.69) is 25.7 Å². The van der Waals surface area contributed by atoms with Crippen molar-refractivity contribution in [2.24, 2.45) is 5.73 Å². The molecule has 0 atom stereocenters. The molecule has 0 aromatic carbocycles. The van der Waals surface area contributed by atoms with E-state index in [1.165, 1.54) is 0 Å². The quantitative estimate of drug-likeness (QED) is 0.649. The van der Waals surface area contributed by atoms with Crippen molar-refractivity contribution in [2.75, 3.05) is 5.32 Å². The third-order valence-electron chi connectivity index (χ3n) is 1.72. The number of aromatic nitrogens is 4. The Bertz CT molecular complexity index is 419. The Morgan fingerprint density at radius 3 is 3.07 bits per heavy atom. The number of nitrogens with zero attached hydrogens (tertiary/aromatic N) is 3. The summed E-state index contributed by atoms with van der Waals surface area (Å²) in [6, 6.07) is 0. The van der Waals surface area contributed by atoms with E-state index >= 15 is 0 Å². The molecule has 0 spiro atoms. The zero-order chi connectivity index (χ0) is 9.97. The molecule has 0 aliphatic heterocycles. The number of aromatic amines is 1. The van der Waals surface area contributed by atoms with Crippen LogP contribution in [0.15, 0.2) is 10.7 Å². The summed E-state index contributed by atoms with van der Waals surface area (Å²) in [5.41, 5.74) is 7.04. The summed E-state index contributed by atoms with van der Waals surface area (Å²) in [5, 5.41) is 13.3. The summed E-state index contributed by atoms with van der Waals surface area (Å²) in [6.45, 7) is 2.12. The SMILES string of the molecule is Cc1[nH]ncc1Nc1noc(CN)n1. The van der Waals surface area contributed by atoms with Crippen LogP contribution in [0.4, 0.5) is 11.6 Å². The first kappa shape index (κ1) is 8.70. The Kier molecular flexibility index (Phi) is 2.15. The molecule has 0 unspecified atom stereocenters. The summed E-state index contributed by atoms with van der Waals surface area (Å²) in [5.74, 6) is 0.781. The van der Waals surface area contributed by atoms with Gasteiger partial charge in [0.15, 0.2) is 0 Å². The van der Waals surface area contributed by atoms with E-state index in [1.54, 1.807) is 6.20 Å². The van der Waals surface area contributed by atoms with Crippen molar-refractivity contribution in [3.63, 3.8) is 0 Å². The van der Waals surface area contributed by atoms with E-state index in [-0.39, 0.29) is 6.54 Å². The number of hydrogen-bond donors (Lipinski definition) is 3. The molecule has 0 aliphatic carbocycles. The monoisotopic (exact) mass is 194 g/mol. The first-order valence-corrected chi connectivity index (χ1v) is 4.09. The molecule has 2 aromatic heterocycles. The van der Waals surface area contributed by atoms with Crippen LogP contribution < -0.4 is 11.1 Å². The first-order chi connectivity index (χ1) is 6.79. The normalized spacial score (nSPS) is 10.4. The van der Waals surface area contributed by atoms with Crippen molar-refractivity contribution >= 4 is 11.6 Å². The van der Waals surface area contributed by atoms with Crippen molar-refractivity contribution in [3.8, 4) is 0 Å². The van der Waals surface area contributed by atoms with Crippen LogP contribution in [0.3, 0.4) is 0 Å². The highest BCUT2D eigenvalue weighted by molar-refractivity contribution is 5.53. The molecule has 0 amide bonds. The van der Waals surface area contributed by atoms with Gasteiger partial charge in [0, 0.05) is 0 Å².